The van der Waals surface area contributed by atoms with Crippen molar-refractivity contribution < 1.29 is 5.11 Å². The molecule has 0 N–H and O–H groups in total. The van der Waals surface area contributed by atoms with Crippen LogP contribution in [0.15, 0.2) is 24.3 Å². The summed E-state index contributed by atoms with van der Waals surface area (Å²) in [6.45, 7) is 0. The lowest BCUT2D eigenvalue weighted by Crippen LogP contribution is -1.98. The fraction of sp³-hybridized carbons (Fsp3) is 0.273. The molecule has 12 heavy (non-hydrogen) atoms. The van der Waals surface area contributed by atoms with Gasteiger partial charge in [0.1, 0.15) is 0 Å². The van der Waals surface area contributed by atoms with Crippen LogP contribution in [-0.2, 0) is 6.42 Å². The van der Waals surface area contributed by atoms with E-state index in [9.17, 15) is 5.11 Å². The highest BCUT2D eigenvalue weighted by atomic mass is 16.3. The van der Waals surface area contributed by atoms with E-state index in [2.05, 4.69) is 12.2 Å². The number of benzene rings is 1. The standard InChI is InChI=1S/C11H12O/c12-11-8-4-6-9-5-2-1-3-7-10(9)11/h2,4-6,8,12H,1,3,7H2/p-1. The van der Waals surface area contributed by atoms with Crippen molar-refractivity contribution >= 4 is 6.08 Å². The molecule has 1 aromatic carbocycles. The summed E-state index contributed by atoms with van der Waals surface area (Å²) in [4.78, 5) is 0. The Hall–Kier alpha value is -1.24. The van der Waals surface area contributed by atoms with Crippen molar-refractivity contribution in [2.24, 2.45) is 0 Å². The van der Waals surface area contributed by atoms with Crippen molar-refractivity contribution in [1.82, 2.24) is 0 Å². The Balaban J connectivity index is 2.52. The molecule has 1 aromatic rings. The summed E-state index contributed by atoms with van der Waals surface area (Å²) in [5, 5.41) is 11.4. The molecule has 0 radical (unpaired) electrons. The maximum absolute atomic E-state index is 11.4. The molecule has 2 rings (SSSR count). The second-order valence-electron chi connectivity index (χ2n) is 3.12. The first-order valence-electron chi connectivity index (χ1n) is 4.33. The van der Waals surface area contributed by atoms with Gasteiger partial charge in [0, 0.05) is 0 Å². The van der Waals surface area contributed by atoms with Crippen LogP contribution in [0.2, 0.25) is 0 Å². The zero-order valence-corrected chi connectivity index (χ0v) is 6.92. The van der Waals surface area contributed by atoms with E-state index < -0.39 is 0 Å². The minimum absolute atomic E-state index is 0.194. The fourth-order valence-electron chi connectivity index (χ4n) is 1.61. The number of allylic oxidation sites excluding steroid dienone is 1. The first kappa shape index (κ1) is 7.41. The number of hydrogen-bond donors (Lipinski definition) is 0. The van der Waals surface area contributed by atoms with Gasteiger partial charge in [-0.05, 0) is 30.4 Å². The third-order valence-corrected chi connectivity index (χ3v) is 2.26. The van der Waals surface area contributed by atoms with Gasteiger partial charge in [-0.2, -0.15) is 0 Å². The molecular weight excluding hydrogens is 148 g/mol. The van der Waals surface area contributed by atoms with Gasteiger partial charge in [0.05, 0.1) is 0 Å². The average Bonchev–Trinajstić information content (AvgIpc) is 2.30. The predicted octanol–water partition coefficient (Wildman–Crippen LogP) is 2.11. The Bertz CT molecular complexity index is 313. The van der Waals surface area contributed by atoms with Crippen molar-refractivity contribution in [2.75, 3.05) is 0 Å². The van der Waals surface area contributed by atoms with Crippen LogP contribution < -0.4 is 5.11 Å². The van der Waals surface area contributed by atoms with Gasteiger partial charge in [-0.1, -0.05) is 30.4 Å². The smallest absolute Gasteiger partial charge is 0.0234 e. The van der Waals surface area contributed by atoms with E-state index in [4.69, 9.17) is 0 Å². The Labute approximate surface area is 72.4 Å². The highest BCUT2D eigenvalue weighted by Crippen LogP contribution is 2.24. The highest BCUT2D eigenvalue weighted by Gasteiger charge is 2.02. The number of hydrogen-bond acceptors (Lipinski definition) is 1. The molecule has 1 nitrogen and oxygen atoms in total. The summed E-state index contributed by atoms with van der Waals surface area (Å²) in [5.41, 5.74) is 2.10. The van der Waals surface area contributed by atoms with Gasteiger partial charge >= 0.3 is 0 Å². The van der Waals surface area contributed by atoms with E-state index in [1.54, 1.807) is 6.07 Å². The van der Waals surface area contributed by atoms with Gasteiger partial charge in [0.2, 0.25) is 0 Å². The molecule has 0 saturated heterocycles. The van der Waals surface area contributed by atoms with Gasteiger partial charge < -0.3 is 5.11 Å². The second kappa shape index (κ2) is 3.02. The van der Waals surface area contributed by atoms with Crippen molar-refractivity contribution in [3.05, 3.63) is 35.4 Å². The summed E-state index contributed by atoms with van der Waals surface area (Å²) in [5.74, 6) is 0.194. The highest BCUT2D eigenvalue weighted by molar-refractivity contribution is 5.58. The molecule has 0 amide bonds. The zero-order valence-electron chi connectivity index (χ0n) is 6.92. The van der Waals surface area contributed by atoms with Crippen LogP contribution in [-0.4, -0.2) is 0 Å². The second-order valence-corrected chi connectivity index (χ2v) is 3.12. The topological polar surface area (TPSA) is 23.1 Å². The van der Waals surface area contributed by atoms with Gasteiger partial charge in [-0.15, -0.1) is 5.75 Å². The van der Waals surface area contributed by atoms with Crippen molar-refractivity contribution in [1.29, 1.82) is 0 Å². The van der Waals surface area contributed by atoms with Crippen LogP contribution in [0.3, 0.4) is 0 Å². The van der Waals surface area contributed by atoms with Gasteiger partial charge in [-0.25, -0.2) is 0 Å². The van der Waals surface area contributed by atoms with Crippen LogP contribution in [0.1, 0.15) is 24.0 Å². The molecule has 0 unspecified atom stereocenters. The average molecular weight is 159 g/mol. The minimum atomic E-state index is 0.194. The predicted molar refractivity (Wildman–Crippen MR) is 47.9 cm³/mol. The maximum Gasteiger partial charge on any atom is -0.0234 e. The monoisotopic (exact) mass is 159 g/mol. The molecule has 1 aliphatic rings. The summed E-state index contributed by atoms with van der Waals surface area (Å²) < 4.78 is 0. The van der Waals surface area contributed by atoms with E-state index in [1.165, 1.54) is 0 Å². The molecule has 0 aliphatic heterocycles. The van der Waals surface area contributed by atoms with Gasteiger partial charge in [0.25, 0.3) is 0 Å². The lowest BCUT2D eigenvalue weighted by molar-refractivity contribution is -0.269. The fourth-order valence-corrected chi connectivity index (χ4v) is 1.61. The van der Waals surface area contributed by atoms with Crippen molar-refractivity contribution in [2.45, 2.75) is 19.3 Å². The van der Waals surface area contributed by atoms with E-state index in [1.807, 2.05) is 12.1 Å². The van der Waals surface area contributed by atoms with Crippen LogP contribution in [0, 0.1) is 0 Å². The summed E-state index contributed by atoms with van der Waals surface area (Å²) in [7, 11) is 0. The van der Waals surface area contributed by atoms with Crippen LogP contribution in [0.5, 0.6) is 5.75 Å². The molecule has 0 fully saturated rings. The molecule has 62 valence electrons. The number of rotatable bonds is 0. The zero-order chi connectivity index (χ0) is 8.39. The third-order valence-electron chi connectivity index (χ3n) is 2.26. The van der Waals surface area contributed by atoms with Crippen LogP contribution in [0.4, 0.5) is 0 Å². The molecule has 0 bridgehead atoms. The molecular formula is C11H11O-. The SMILES string of the molecule is [O-]c1cccc2c1CCCC=C2. The molecule has 1 aliphatic carbocycles. The normalized spacial score (nSPS) is 15.3. The first-order valence-corrected chi connectivity index (χ1v) is 4.33. The Morgan fingerprint density at radius 1 is 1.25 bits per heavy atom. The van der Waals surface area contributed by atoms with E-state index in [-0.39, 0.29) is 5.75 Å². The summed E-state index contributed by atoms with van der Waals surface area (Å²) >= 11 is 0. The largest absolute Gasteiger partial charge is 0.872 e. The van der Waals surface area contributed by atoms with Crippen LogP contribution >= 0.6 is 0 Å². The molecule has 1 heteroatoms. The molecule has 0 spiro atoms. The lowest BCUT2D eigenvalue weighted by atomic mass is 10.0. The Kier molecular flexibility index (Phi) is 1.86. The van der Waals surface area contributed by atoms with E-state index in [0.29, 0.717) is 0 Å². The van der Waals surface area contributed by atoms with E-state index >= 15 is 0 Å². The van der Waals surface area contributed by atoms with Crippen molar-refractivity contribution in [3.8, 4) is 5.75 Å². The quantitative estimate of drug-likeness (QED) is 0.568. The van der Waals surface area contributed by atoms with Gasteiger partial charge in [-0.3, -0.25) is 0 Å². The molecule has 0 aromatic heterocycles. The Morgan fingerprint density at radius 3 is 3.08 bits per heavy atom. The first-order chi connectivity index (χ1) is 5.88. The van der Waals surface area contributed by atoms with Gasteiger partial charge in [0.15, 0.2) is 0 Å². The maximum atomic E-state index is 11.4. The molecule has 0 heterocycles. The molecule has 0 saturated carbocycles. The van der Waals surface area contributed by atoms with Crippen LogP contribution in [0.25, 0.3) is 6.08 Å². The Morgan fingerprint density at radius 2 is 2.17 bits per heavy atom. The summed E-state index contributed by atoms with van der Waals surface area (Å²) in [6, 6.07) is 5.49. The third kappa shape index (κ3) is 1.22. The minimum Gasteiger partial charge on any atom is -0.872 e. The lowest BCUT2D eigenvalue weighted by Gasteiger charge is -2.14. The number of fused-ring (bicyclic) bond motifs is 1. The molecule has 0 atom stereocenters. The van der Waals surface area contributed by atoms with E-state index in [0.717, 1.165) is 30.4 Å². The summed E-state index contributed by atoms with van der Waals surface area (Å²) in [6.07, 6.45) is 7.33. The van der Waals surface area contributed by atoms with Crippen molar-refractivity contribution in [3.63, 3.8) is 0 Å².